The van der Waals surface area contributed by atoms with Crippen LogP contribution >= 0.6 is 11.6 Å². The normalized spacial score (nSPS) is 14.5. The number of aromatic nitrogens is 3. The molecule has 0 atom stereocenters. The Morgan fingerprint density at radius 2 is 1.96 bits per heavy atom. The number of fused-ring (bicyclic) bond motifs is 1. The van der Waals surface area contributed by atoms with Crippen molar-refractivity contribution in [3.05, 3.63) is 57.7 Å². The molecule has 0 bridgehead atoms. The Morgan fingerprint density at radius 3 is 2.67 bits per heavy atom. The summed E-state index contributed by atoms with van der Waals surface area (Å²) in [6, 6.07) is 9.49. The number of hydrogen-bond donors (Lipinski definition) is 0. The van der Waals surface area contributed by atoms with Crippen LogP contribution in [0.3, 0.4) is 0 Å². The average molecular weight is 387 g/mol. The highest BCUT2D eigenvalue weighted by molar-refractivity contribution is 6.34. The van der Waals surface area contributed by atoms with Crippen LogP contribution in [0.5, 0.6) is 5.75 Å². The molecule has 7 nitrogen and oxygen atoms in total. The number of ether oxygens (including phenoxy) is 2. The number of halogens is 1. The van der Waals surface area contributed by atoms with Gasteiger partial charge >= 0.3 is 5.69 Å². The molecule has 4 rings (SSSR count). The van der Waals surface area contributed by atoms with Gasteiger partial charge in [-0.05, 0) is 17.7 Å². The van der Waals surface area contributed by atoms with Gasteiger partial charge in [0.1, 0.15) is 16.7 Å². The van der Waals surface area contributed by atoms with Crippen molar-refractivity contribution in [2.24, 2.45) is 0 Å². The molecule has 140 valence electrons. The number of morpholine rings is 1. The Kier molecular flexibility index (Phi) is 4.96. The van der Waals surface area contributed by atoms with Gasteiger partial charge in [0.05, 0.1) is 37.8 Å². The third-order valence-electron chi connectivity index (χ3n) is 4.64. The predicted molar refractivity (Wildman–Crippen MR) is 104 cm³/mol. The SMILES string of the molecule is COc1ccc(Cn2c(=O)nc(Cl)c3cnc(N4CCOCC4)cc32)cc1. The molecule has 1 aliphatic rings. The van der Waals surface area contributed by atoms with Crippen molar-refractivity contribution in [1.82, 2.24) is 14.5 Å². The summed E-state index contributed by atoms with van der Waals surface area (Å²) in [5, 5.41) is 0.823. The third kappa shape index (κ3) is 3.61. The predicted octanol–water partition coefficient (Wildman–Crippen LogP) is 2.34. The quantitative estimate of drug-likeness (QED) is 0.641. The van der Waals surface area contributed by atoms with Crippen LogP contribution in [0.15, 0.2) is 41.3 Å². The molecule has 0 N–H and O–H groups in total. The molecule has 3 aromatic rings. The van der Waals surface area contributed by atoms with Crippen molar-refractivity contribution in [3.8, 4) is 5.75 Å². The van der Waals surface area contributed by atoms with Crippen LogP contribution in [-0.4, -0.2) is 47.9 Å². The third-order valence-corrected chi connectivity index (χ3v) is 4.93. The first-order chi connectivity index (χ1) is 13.2. The number of benzene rings is 1. The second kappa shape index (κ2) is 7.54. The van der Waals surface area contributed by atoms with Crippen LogP contribution in [-0.2, 0) is 11.3 Å². The minimum absolute atomic E-state index is 0.169. The van der Waals surface area contributed by atoms with E-state index in [1.54, 1.807) is 17.9 Å². The smallest absolute Gasteiger partial charge is 0.349 e. The standard InChI is InChI=1S/C19H19ClN4O3/c1-26-14-4-2-13(3-5-14)12-24-16-10-17(23-6-8-27-9-7-23)21-11-15(16)18(20)22-19(24)25/h2-5,10-11H,6-9,12H2,1H3. The lowest BCUT2D eigenvalue weighted by molar-refractivity contribution is 0.122. The van der Waals surface area contributed by atoms with E-state index in [1.807, 2.05) is 30.3 Å². The molecule has 27 heavy (non-hydrogen) atoms. The first-order valence-electron chi connectivity index (χ1n) is 8.67. The van der Waals surface area contributed by atoms with E-state index in [9.17, 15) is 4.79 Å². The number of pyridine rings is 1. The van der Waals surface area contributed by atoms with Crippen LogP contribution in [0.1, 0.15) is 5.56 Å². The van der Waals surface area contributed by atoms with Gasteiger partial charge in [-0.1, -0.05) is 23.7 Å². The van der Waals surface area contributed by atoms with Gasteiger partial charge in [-0.2, -0.15) is 4.98 Å². The molecular formula is C19H19ClN4O3. The van der Waals surface area contributed by atoms with Crippen LogP contribution < -0.4 is 15.3 Å². The summed E-state index contributed by atoms with van der Waals surface area (Å²) in [5.74, 6) is 1.57. The lowest BCUT2D eigenvalue weighted by Crippen LogP contribution is -2.36. The summed E-state index contributed by atoms with van der Waals surface area (Å²) in [6.07, 6.45) is 1.68. The summed E-state index contributed by atoms with van der Waals surface area (Å²) >= 11 is 6.20. The molecule has 1 fully saturated rings. The zero-order valence-corrected chi connectivity index (χ0v) is 15.6. The van der Waals surface area contributed by atoms with E-state index in [4.69, 9.17) is 21.1 Å². The molecule has 0 spiro atoms. The topological polar surface area (TPSA) is 69.5 Å². The average Bonchev–Trinajstić information content (AvgIpc) is 2.72. The van der Waals surface area contributed by atoms with Crippen molar-refractivity contribution >= 4 is 28.3 Å². The van der Waals surface area contributed by atoms with E-state index in [-0.39, 0.29) is 10.8 Å². The van der Waals surface area contributed by atoms with Gasteiger partial charge in [-0.15, -0.1) is 0 Å². The summed E-state index contributed by atoms with van der Waals surface area (Å²) in [6.45, 7) is 3.24. The number of methoxy groups -OCH3 is 1. The molecular weight excluding hydrogens is 368 g/mol. The zero-order chi connectivity index (χ0) is 18.8. The highest BCUT2D eigenvalue weighted by atomic mass is 35.5. The fraction of sp³-hybridized carbons (Fsp3) is 0.316. The van der Waals surface area contributed by atoms with Crippen LogP contribution in [0.2, 0.25) is 5.15 Å². The van der Waals surface area contributed by atoms with E-state index < -0.39 is 0 Å². The van der Waals surface area contributed by atoms with Crippen LogP contribution in [0, 0.1) is 0 Å². The number of rotatable bonds is 4. The Bertz CT molecular complexity index is 1010. The number of anilines is 1. The largest absolute Gasteiger partial charge is 0.497 e. The summed E-state index contributed by atoms with van der Waals surface area (Å²) in [4.78, 5) is 23.2. The van der Waals surface area contributed by atoms with Gasteiger partial charge < -0.3 is 14.4 Å². The first kappa shape index (κ1) is 17.8. The van der Waals surface area contributed by atoms with Gasteiger partial charge in [0, 0.05) is 25.4 Å². The molecule has 8 heteroatoms. The minimum atomic E-state index is -0.387. The fourth-order valence-electron chi connectivity index (χ4n) is 3.16. The van der Waals surface area contributed by atoms with Gasteiger partial charge in [0.15, 0.2) is 0 Å². The molecule has 1 aromatic carbocycles. The zero-order valence-electron chi connectivity index (χ0n) is 14.9. The Hall–Kier alpha value is -2.64. The van der Waals surface area contributed by atoms with Crippen molar-refractivity contribution in [1.29, 1.82) is 0 Å². The van der Waals surface area contributed by atoms with Gasteiger partial charge in [-0.3, -0.25) is 4.57 Å². The molecule has 0 radical (unpaired) electrons. The molecule has 3 heterocycles. The van der Waals surface area contributed by atoms with Gasteiger partial charge in [0.25, 0.3) is 0 Å². The van der Waals surface area contributed by atoms with Crippen molar-refractivity contribution in [3.63, 3.8) is 0 Å². The van der Waals surface area contributed by atoms with Crippen LogP contribution in [0.4, 0.5) is 5.82 Å². The van der Waals surface area contributed by atoms with E-state index >= 15 is 0 Å². The lowest BCUT2D eigenvalue weighted by atomic mass is 10.2. The summed E-state index contributed by atoms with van der Waals surface area (Å²) in [5.41, 5.74) is 1.29. The molecule has 0 saturated carbocycles. The van der Waals surface area contributed by atoms with Crippen molar-refractivity contribution in [2.45, 2.75) is 6.54 Å². The van der Waals surface area contributed by atoms with Crippen molar-refractivity contribution < 1.29 is 9.47 Å². The van der Waals surface area contributed by atoms with Gasteiger partial charge in [-0.25, -0.2) is 9.78 Å². The highest BCUT2D eigenvalue weighted by Crippen LogP contribution is 2.24. The molecule has 2 aromatic heterocycles. The Morgan fingerprint density at radius 1 is 1.22 bits per heavy atom. The maximum absolute atomic E-state index is 12.6. The van der Waals surface area contributed by atoms with Crippen molar-refractivity contribution in [2.75, 3.05) is 38.3 Å². The van der Waals surface area contributed by atoms with E-state index in [0.717, 1.165) is 30.2 Å². The molecule has 0 aliphatic carbocycles. The second-order valence-electron chi connectivity index (χ2n) is 6.28. The molecule has 1 saturated heterocycles. The molecule has 0 amide bonds. The summed E-state index contributed by atoms with van der Waals surface area (Å²) < 4.78 is 12.2. The van der Waals surface area contributed by atoms with E-state index in [1.165, 1.54) is 0 Å². The maximum atomic E-state index is 12.6. The highest BCUT2D eigenvalue weighted by Gasteiger charge is 2.16. The summed E-state index contributed by atoms with van der Waals surface area (Å²) in [7, 11) is 1.62. The molecule has 0 unspecified atom stereocenters. The lowest BCUT2D eigenvalue weighted by Gasteiger charge is -2.28. The number of nitrogens with zero attached hydrogens (tertiary/aromatic N) is 4. The minimum Gasteiger partial charge on any atom is -0.497 e. The number of hydrogen-bond acceptors (Lipinski definition) is 6. The van der Waals surface area contributed by atoms with Crippen LogP contribution in [0.25, 0.3) is 10.9 Å². The first-order valence-corrected chi connectivity index (χ1v) is 9.05. The van der Waals surface area contributed by atoms with E-state index in [2.05, 4.69) is 14.9 Å². The Labute approximate surface area is 161 Å². The fourth-order valence-corrected chi connectivity index (χ4v) is 3.37. The second-order valence-corrected chi connectivity index (χ2v) is 6.64. The monoisotopic (exact) mass is 386 g/mol. The maximum Gasteiger partial charge on any atom is 0.349 e. The van der Waals surface area contributed by atoms with E-state index in [0.29, 0.717) is 30.7 Å². The Balaban J connectivity index is 1.78. The molecule has 1 aliphatic heterocycles. The van der Waals surface area contributed by atoms with Gasteiger partial charge in [0.2, 0.25) is 0 Å².